The molecule has 1 aliphatic rings. The van der Waals surface area contributed by atoms with Gasteiger partial charge in [-0.2, -0.15) is 0 Å². The third-order valence-corrected chi connectivity index (χ3v) is 3.81. The van der Waals surface area contributed by atoms with Crippen LogP contribution in [0.5, 0.6) is 5.88 Å². The number of carbonyl (C=O) groups is 1. The summed E-state index contributed by atoms with van der Waals surface area (Å²) in [4.78, 5) is 18.9. The maximum absolute atomic E-state index is 10.5. The Kier molecular flexibility index (Phi) is 4.23. The topological polar surface area (TPSA) is 87.2 Å². The number of aromatic hydroxyl groups is 1. The van der Waals surface area contributed by atoms with Crippen LogP contribution in [0.3, 0.4) is 0 Å². The Labute approximate surface area is 118 Å². The minimum absolute atomic E-state index is 0.0448. The summed E-state index contributed by atoms with van der Waals surface area (Å²) >= 11 is 6.41. The molecule has 0 saturated heterocycles. The lowest BCUT2D eigenvalue weighted by Crippen LogP contribution is -2.01. The Balaban J connectivity index is 2.17. The number of allylic oxidation sites excluding steroid dienone is 1. The zero-order valence-electron chi connectivity index (χ0n) is 9.81. The van der Waals surface area contributed by atoms with Gasteiger partial charge in [-0.05, 0) is 24.7 Å². The second-order valence-corrected chi connectivity index (χ2v) is 5.47. The average molecular weight is 297 g/mol. The summed E-state index contributed by atoms with van der Waals surface area (Å²) < 4.78 is 2.04. The van der Waals surface area contributed by atoms with Gasteiger partial charge in [-0.25, -0.2) is 9.98 Å². The maximum atomic E-state index is 10.5. The van der Waals surface area contributed by atoms with Gasteiger partial charge in [0, 0.05) is 13.0 Å². The van der Waals surface area contributed by atoms with Gasteiger partial charge >= 0.3 is 5.97 Å². The predicted molar refractivity (Wildman–Crippen MR) is 76.6 cm³/mol. The molecule has 0 unspecified atom stereocenters. The molecule has 1 aliphatic heterocycles. The molecule has 0 spiro atoms. The number of rotatable bonds is 5. The summed E-state index contributed by atoms with van der Waals surface area (Å²) in [6.45, 7) is 0.383. The van der Waals surface area contributed by atoms with Crippen molar-refractivity contribution in [2.45, 2.75) is 19.4 Å². The van der Waals surface area contributed by atoms with Crippen LogP contribution in [-0.4, -0.2) is 33.3 Å². The van der Waals surface area contributed by atoms with Crippen LogP contribution in [0.25, 0.3) is 6.08 Å². The number of hydrogen-bond donors (Lipinski definition) is 2. The van der Waals surface area contributed by atoms with Crippen molar-refractivity contribution in [3.8, 4) is 5.88 Å². The van der Waals surface area contributed by atoms with Crippen molar-refractivity contribution in [2.24, 2.45) is 9.98 Å². The van der Waals surface area contributed by atoms with Gasteiger partial charge in [0.05, 0.1) is 16.8 Å². The number of carboxylic acid groups (broad SMARTS) is 1. The summed E-state index contributed by atoms with van der Waals surface area (Å²) in [5.74, 6) is -0.816. The molecule has 0 bridgehead atoms. The number of carboxylic acids is 1. The molecular weight excluding hydrogens is 286 g/mol. The predicted octanol–water partition coefficient (Wildman–Crippen LogP) is 2.30. The number of aliphatic imine (C=N–C) groups is 2. The fraction of sp³-hybridized carbons (Fsp3) is 0.273. The highest BCUT2D eigenvalue weighted by Crippen LogP contribution is 2.29. The maximum Gasteiger partial charge on any atom is 0.303 e. The van der Waals surface area contributed by atoms with E-state index in [1.165, 1.54) is 22.2 Å². The third-order valence-electron chi connectivity index (χ3n) is 2.43. The summed E-state index contributed by atoms with van der Waals surface area (Å²) in [6, 6.07) is 0. The van der Waals surface area contributed by atoms with Crippen molar-refractivity contribution in [1.82, 2.24) is 4.57 Å². The third kappa shape index (κ3) is 3.36. The number of aliphatic carboxylic acids is 1. The van der Waals surface area contributed by atoms with Gasteiger partial charge in [0.25, 0.3) is 0 Å². The number of nitrogens with zero attached hydrogens (tertiary/aromatic N) is 3. The zero-order valence-corrected chi connectivity index (χ0v) is 11.4. The lowest BCUT2D eigenvalue weighted by Gasteiger charge is -2.02. The normalized spacial score (nSPS) is 15.5. The molecule has 2 rings (SSSR count). The molecule has 8 heteroatoms. The van der Waals surface area contributed by atoms with E-state index < -0.39 is 5.97 Å². The SMILES string of the molecule is O=C(O)CCCn1c(O)c(C=C2C=NC=N2)sc1=S. The first kappa shape index (κ1) is 13.6. The van der Waals surface area contributed by atoms with E-state index in [0.717, 1.165) is 0 Å². The summed E-state index contributed by atoms with van der Waals surface area (Å²) in [5, 5.41) is 18.6. The Bertz CT molecular complexity index is 626. The van der Waals surface area contributed by atoms with Gasteiger partial charge in [0.2, 0.25) is 5.88 Å². The number of hydrogen-bond acceptors (Lipinski definition) is 6. The lowest BCUT2D eigenvalue weighted by molar-refractivity contribution is -0.137. The second-order valence-electron chi connectivity index (χ2n) is 3.80. The molecule has 19 heavy (non-hydrogen) atoms. The van der Waals surface area contributed by atoms with Gasteiger partial charge in [0.1, 0.15) is 6.34 Å². The van der Waals surface area contributed by atoms with Crippen molar-refractivity contribution >= 4 is 48.2 Å². The second kappa shape index (κ2) is 5.89. The van der Waals surface area contributed by atoms with Gasteiger partial charge in [-0.15, -0.1) is 11.3 Å². The van der Waals surface area contributed by atoms with Crippen LogP contribution in [-0.2, 0) is 11.3 Å². The Hall–Kier alpha value is -1.80. The summed E-state index contributed by atoms with van der Waals surface area (Å²) in [7, 11) is 0. The molecule has 0 fully saturated rings. The first-order valence-corrected chi connectivity index (χ1v) is 6.72. The summed E-state index contributed by atoms with van der Waals surface area (Å²) in [6.07, 6.45) is 5.16. The van der Waals surface area contributed by atoms with Crippen LogP contribution < -0.4 is 0 Å². The molecule has 0 amide bonds. The van der Waals surface area contributed by atoms with Crippen LogP contribution in [0.4, 0.5) is 0 Å². The molecule has 1 aromatic heterocycles. The fourth-order valence-corrected chi connectivity index (χ4v) is 2.85. The smallest absolute Gasteiger partial charge is 0.303 e. The molecule has 0 aliphatic carbocycles. The van der Waals surface area contributed by atoms with Gasteiger partial charge < -0.3 is 10.2 Å². The first-order valence-electron chi connectivity index (χ1n) is 5.49. The quantitative estimate of drug-likeness (QED) is 0.816. The van der Waals surface area contributed by atoms with E-state index in [9.17, 15) is 9.90 Å². The first-order chi connectivity index (χ1) is 9.08. The highest BCUT2D eigenvalue weighted by molar-refractivity contribution is 7.73. The molecule has 100 valence electrons. The summed E-state index contributed by atoms with van der Waals surface area (Å²) in [5.41, 5.74) is 0.643. The molecule has 1 aromatic rings. The largest absolute Gasteiger partial charge is 0.493 e. The van der Waals surface area contributed by atoms with Crippen molar-refractivity contribution < 1.29 is 15.0 Å². The van der Waals surface area contributed by atoms with Gasteiger partial charge in [0.15, 0.2) is 3.95 Å². The van der Waals surface area contributed by atoms with Crippen LogP contribution in [0.15, 0.2) is 15.7 Å². The molecule has 6 nitrogen and oxygen atoms in total. The van der Waals surface area contributed by atoms with Crippen molar-refractivity contribution in [1.29, 1.82) is 0 Å². The van der Waals surface area contributed by atoms with E-state index >= 15 is 0 Å². The van der Waals surface area contributed by atoms with E-state index in [2.05, 4.69) is 9.98 Å². The zero-order chi connectivity index (χ0) is 13.8. The monoisotopic (exact) mass is 297 g/mol. The molecular formula is C11H11N3O3S2. The van der Waals surface area contributed by atoms with E-state index in [0.29, 0.717) is 27.5 Å². The van der Waals surface area contributed by atoms with Crippen molar-refractivity contribution in [3.05, 3.63) is 14.5 Å². The minimum Gasteiger partial charge on any atom is -0.493 e. The van der Waals surface area contributed by atoms with E-state index in [1.807, 2.05) is 0 Å². The molecule has 2 heterocycles. The fourth-order valence-electron chi connectivity index (χ4n) is 1.55. The minimum atomic E-state index is -0.861. The average Bonchev–Trinajstić information content (AvgIpc) is 2.93. The molecule has 0 atom stereocenters. The molecule has 2 N–H and O–H groups in total. The van der Waals surface area contributed by atoms with E-state index in [1.54, 1.807) is 12.3 Å². The van der Waals surface area contributed by atoms with Gasteiger partial charge in [-0.1, -0.05) is 0 Å². The molecule has 0 aromatic carbocycles. The lowest BCUT2D eigenvalue weighted by atomic mass is 10.3. The van der Waals surface area contributed by atoms with Crippen LogP contribution in [0, 0.1) is 3.95 Å². The Morgan fingerprint density at radius 3 is 3.00 bits per heavy atom. The van der Waals surface area contributed by atoms with Crippen LogP contribution in [0.1, 0.15) is 17.7 Å². The highest BCUT2D eigenvalue weighted by Gasteiger charge is 2.11. The Morgan fingerprint density at radius 1 is 1.58 bits per heavy atom. The molecule has 0 saturated carbocycles. The number of thiazole rings is 1. The van der Waals surface area contributed by atoms with E-state index in [4.69, 9.17) is 17.3 Å². The Morgan fingerprint density at radius 2 is 2.37 bits per heavy atom. The molecule has 0 radical (unpaired) electrons. The van der Waals surface area contributed by atoms with Crippen molar-refractivity contribution in [2.75, 3.05) is 0 Å². The van der Waals surface area contributed by atoms with Crippen LogP contribution >= 0.6 is 23.6 Å². The standard InChI is InChI=1S/C11H11N3O3S2/c15-9(16)2-1-3-14-10(17)8(19-11(14)18)4-7-5-12-6-13-7/h4-6,17H,1-3H2,(H,15,16). The van der Waals surface area contributed by atoms with Crippen LogP contribution in [0.2, 0.25) is 0 Å². The number of aromatic nitrogens is 1. The van der Waals surface area contributed by atoms with Gasteiger partial charge in [-0.3, -0.25) is 9.36 Å². The van der Waals surface area contributed by atoms with E-state index in [-0.39, 0.29) is 12.3 Å². The van der Waals surface area contributed by atoms with Crippen molar-refractivity contribution in [3.63, 3.8) is 0 Å². The highest BCUT2D eigenvalue weighted by atomic mass is 32.1.